The average molecular weight is 145 g/mol. The van der Waals surface area contributed by atoms with Crippen LogP contribution in [0, 0.1) is 0 Å². The van der Waals surface area contributed by atoms with Crippen molar-refractivity contribution in [2.45, 2.75) is 25.1 Å². The SMILES string of the molecule is C=CC(Cl)CCC.[MgH2]. The summed E-state index contributed by atoms with van der Waals surface area (Å²) in [7, 11) is 0. The van der Waals surface area contributed by atoms with Gasteiger partial charge in [0.1, 0.15) is 0 Å². The Bertz CT molecular complexity index is 54.5. The summed E-state index contributed by atoms with van der Waals surface area (Å²) in [5.41, 5.74) is 0. The third kappa shape index (κ3) is 6.80. The third-order valence-corrected chi connectivity index (χ3v) is 1.22. The Hall–Kier alpha value is 0.796. The summed E-state index contributed by atoms with van der Waals surface area (Å²) in [6, 6.07) is 0. The molecule has 46 valence electrons. The molecule has 0 aromatic heterocycles. The van der Waals surface area contributed by atoms with Crippen LogP contribution in [0.4, 0.5) is 0 Å². The molecule has 0 fully saturated rings. The summed E-state index contributed by atoms with van der Waals surface area (Å²) in [5, 5.41) is 0.185. The first-order valence-corrected chi connectivity index (χ1v) is 3.01. The number of hydrogen-bond acceptors (Lipinski definition) is 0. The highest BCUT2D eigenvalue weighted by molar-refractivity contribution is 6.21. The molecular formula is C6H13ClMg. The maximum atomic E-state index is 5.65. The normalized spacial score (nSPS) is 11.8. The van der Waals surface area contributed by atoms with E-state index in [2.05, 4.69) is 13.5 Å². The van der Waals surface area contributed by atoms with Crippen molar-refractivity contribution in [1.82, 2.24) is 0 Å². The molecule has 1 atom stereocenters. The quantitative estimate of drug-likeness (QED) is 0.321. The van der Waals surface area contributed by atoms with Gasteiger partial charge in [0, 0.05) is 0 Å². The molecule has 0 bridgehead atoms. The van der Waals surface area contributed by atoms with Gasteiger partial charge in [-0.2, -0.15) is 0 Å². The Morgan fingerprint density at radius 1 is 1.75 bits per heavy atom. The van der Waals surface area contributed by atoms with Gasteiger partial charge < -0.3 is 0 Å². The summed E-state index contributed by atoms with van der Waals surface area (Å²) >= 11 is 5.65. The van der Waals surface area contributed by atoms with Crippen molar-refractivity contribution >= 4 is 34.7 Å². The van der Waals surface area contributed by atoms with Crippen molar-refractivity contribution in [3.8, 4) is 0 Å². The maximum Gasteiger partial charge on any atom is 0.316 e. The van der Waals surface area contributed by atoms with E-state index < -0.39 is 0 Å². The largest absolute Gasteiger partial charge is 0.316 e. The zero-order chi connectivity index (χ0) is 5.70. The molecule has 0 spiro atoms. The van der Waals surface area contributed by atoms with E-state index >= 15 is 0 Å². The smallest absolute Gasteiger partial charge is 0.118 e. The Morgan fingerprint density at radius 3 is 2.38 bits per heavy atom. The lowest BCUT2D eigenvalue weighted by atomic mass is 10.2. The summed E-state index contributed by atoms with van der Waals surface area (Å²) in [4.78, 5) is 0. The molecule has 0 aliphatic rings. The Kier molecular flexibility index (Phi) is 11.3. The van der Waals surface area contributed by atoms with Crippen molar-refractivity contribution in [3.05, 3.63) is 12.7 Å². The van der Waals surface area contributed by atoms with E-state index in [1.54, 1.807) is 6.08 Å². The van der Waals surface area contributed by atoms with Crippen molar-refractivity contribution in [2.75, 3.05) is 0 Å². The van der Waals surface area contributed by atoms with Crippen molar-refractivity contribution in [3.63, 3.8) is 0 Å². The summed E-state index contributed by atoms with van der Waals surface area (Å²) in [6.45, 7) is 5.66. The van der Waals surface area contributed by atoms with Gasteiger partial charge in [0.05, 0.1) is 5.38 Å². The van der Waals surface area contributed by atoms with Gasteiger partial charge in [-0.3, -0.25) is 0 Å². The van der Waals surface area contributed by atoms with E-state index in [4.69, 9.17) is 11.6 Å². The second-order valence-corrected chi connectivity index (χ2v) is 2.10. The highest BCUT2D eigenvalue weighted by Crippen LogP contribution is 2.03. The van der Waals surface area contributed by atoms with Crippen LogP contribution in [0.1, 0.15) is 19.8 Å². The molecular weight excluding hydrogens is 132 g/mol. The van der Waals surface area contributed by atoms with Crippen LogP contribution in [0.3, 0.4) is 0 Å². The lowest BCUT2D eigenvalue weighted by Gasteiger charge is -1.95. The van der Waals surface area contributed by atoms with Crippen molar-refractivity contribution in [1.29, 1.82) is 0 Å². The molecule has 0 amide bonds. The Labute approximate surface area is 72.4 Å². The van der Waals surface area contributed by atoms with E-state index in [0.717, 1.165) is 12.8 Å². The number of rotatable bonds is 3. The van der Waals surface area contributed by atoms with Crippen LogP contribution in [0.15, 0.2) is 12.7 Å². The number of allylic oxidation sites excluding steroid dienone is 1. The number of halogens is 1. The summed E-state index contributed by atoms with van der Waals surface area (Å²) in [6.07, 6.45) is 3.95. The molecule has 0 aromatic rings. The molecule has 0 saturated carbocycles. The van der Waals surface area contributed by atoms with Crippen LogP contribution in [0.2, 0.25) is 0 Å². The van der Waals surface area contributed by atoms with Gasteiger partial charge >= 0.3 is 23.1 Å². The van der Waals surface area contributed by atoms with Gasteiger partial charge in [-0.05, 0) is 6.42 Å². The zero-order valence-electron chi connectivity index (χ0n) is 4.65. The summed E-state index contributed by atoms with van der Waals surface area (Å²) in [5.74, 6) is 0. The van der Waals surface area contributed by atoms with Gasteiger partial charge in [-0.15, -0.1) is 18.2 Å². The molecule has 1 unspecified atom stereocenters. The molecule has 0 radical (unpaired) electrons. The van der Waals surface area contributed by atoms with Gasteiger partial charge in [0.25, 0.3) is 0 Å². The van der Waals surface area contributed by atoms with E-state index in [9.17, 15) is 0 Å². The second kappa shape index (κ2) is 7.80. The van der Waals surface area contributed by atoms with Crippen molar-refractivity contribution in [2.24, 2.45) is 0 Å². The predicted molar refractivity (Wildman–Crippen MR) is 43.3 cm³/mol. The lowest BCUT2D eigenvalue weighted by molar-refractivity contribution is 0.822. The van der Waals surface area contributed by atoms with Crippen LogP contribution in [0.5, 0.6) is 0 Å². The van der Waals surface area contributed by atoms with Crippen LogP contribution in [0.25, 0.3) is 0 Å². The van der Waals surface area contributed by atoms with Gasteiger partial charge in [0.15, 0.2) is 0 Å². The molecule has 0 heterocycles. The van der Waals surface area contributed by atoms with E-state index in [1.807, 2.05) is 0 Å². The topological polar surface area (TPSA) is 0 Å². The maximum absolute atomic E-state index is 5.65. The zero-order valence-corrected chi connectivity index (χ0v) is 5.41. The molecule has 0 aromatic carbocycles. The van der Waals surface area contributed by atoms with Gasteiger partial charge in [-0.1, -0.05) is 19.4 Å². The summed E-state index contributed by atoms with van der Waals surface area (Å²) < 4.78 is 0. The van der Waals surface area contributed by atoms with E-state index in [1.165, 1.54) is 0 Å². The van der Waals surface area contributed by atoms with E-state index in [-0.39, 0.29) is 28.4 Å². The minimum atomic E-state index is 0. The fourth-order valence-corrected chi connectivity index (χ4v) is 0.612. The third-order valence-electron chi connectivity index (χ3n) is 0.820. The number of hydrogen-bond donors (Lipinski definition) is 0. The van der Waals surface area contributed by atoms with Crippen molar-refractivity contribution < 1.29 is 0 Å². The fraction of sp³-hybridized carbons (Fsp3) is 0.667. The minimum Gasteiger partial charge on any atom is -0.118 e. The lowest BCUT2D eigenvalue weighted by Crippen LogP contribution is -1.88. The molecule has 0 aliphatic carbocycles. The molecule has 0 rings (SSSR count). The van der Waals surface area contributed by atoms with Gasteiger partial charge in [0.2, 0.25) is 0 Å². The average Bonchev–Trinajstić information content (AvgIpc) is 1.68. The van der Waals surface area contributed by atoms with Crippen LogP contribution >= 0.6 is 11.6 Å². The van der Waals surface area contributed by atoms with Crippen LogP contribution in [-0.4, -0.2) is 28.4 Å². The highest BCUT2D eigenvalue weighted by atomic mass is 35.5. The van der Waals surface area contributed by atoms with Crippen LogP contribution < -0.4 is 0 Å². The Balaban J connectivity index is 0. The fourth-order valence-electron chi connectivity index (χ4n) is 0.394. The molecule has 0 aliphatic heterocycles. The molecule has 0 saturated heterocycles. The monoisotopic (exact) mass is 144 g/mol. The Morgan fingerprint density at radius 2 is 2.25 bits per heavy atom. The first kappa shape index (κ1) is 11.6. The van der Waals surface area contributed by atoms with Crippen LogP contribution in [-0.2, 0) is 0 Å². The van der Waals surface area contributed by atoms with E-state index in [0.29, 0.717) is 0 Å². The van der Waals surface area contributed by atoms with Gasteiger partial charge in [-0.25, -0.2) is 0 Å². The highest BCUT2D eigenvalue weighted by Gasteiger charge is 1.91. The number of alkyl halides is 1. The first-order valence-electron chi connectivity index (χ1n) is 2.58. The molecule has 0 nitrogen and oxygen atoms in total. The standard InChI is InChI=1S/C6H11Cl.Mg.2H/c1-3-5-6(7)4-2;;;/h4,6H,2-3,5H2,1H3;;;. The first-order chi connectivity index (χ1) is 3.31. The predicted octanol–water partition coefficient (Wildman–Crippen LogP) is 1.66. The minimum absolute atomic E-state index is 0. The molecule has 2 heteroatoms. The second-order valence-electron chi connectivity index (χ2n) is 1.54. The molecule has 0 N–H and O–H groups in total. The molecule has 8 heavy (non-hydrogen) atoms.